The second-order valence-corrected chi connectivity index (χ2v) is 5.21. The van der Waals surface area contributed by atoms with E-state index in [1.54, 1.807) is 10.6 Å². The van der Waals surface area contributed by atoms with Crippen LogP contribution in [0.1, 0.15) is 50.8 Å². The number of unbranched alkanes of at least 4 members (excludes halogenated alkanes) is 1. The van der Waals surface area contributed by atoms with Gasteiger partial charge >= 0.3 is 0 Å². The summed E-state index contributed by atoms with van der Waals surface area (Å²) >= 11 is 0. The molecule has 0 aromatic carbocycles. The molecule has 0 aliphatic carbocycles. The van der Waals surface area contributed by atoms with Crippen LogP contribution in [0.5, 0.6) is 0 Å². The topological polar surface area (TPSA) is 80.6 Å². The summed E-state index contributed by atoms with van der Waals surface area (Å²) in [6, 6.07) is 3.44. The summed E-state index contributed by atoms with van der Waals surface area (Å²) < 4.78 is 1.73. The van der Waals surface area contributed by atoms with Crippen LogP contribution in [-0.4, -0.2) is 15.6 Å². The number of oxime groups is 1. The number of hydrogen-bond donors (Lipinski definition) is 2. The Labute approximate surface area is 120 Å². The minimum absolute atomic E-state index is 0.134. The molecule has 20 heavy (non-hydrogen) atoms. The lowest BCUT2D eigenvalue weighted by Crippen LogP contribution is -2.32. The molecule has 0 saturated carbocycles. The van der Waals surface area contributed by atoms with Crippen LogP contribution in [0.3, 0.4) is 0 Å². The zero-order valence-electron chi connectivity index (χ0n) is 12.6. The summed E-state index contributed by atoms with van der Waals surface area (Å²) in [6.45, 7) is 6.91. The van der Waals surface area contributed by atoms with Gasteiger partial charge in [0.2, 0.25) is 0 Å². The normalized spacial score (nSPS) is 13.4. The van der Waals surface area contributed by atoms with Crippen molar-refractivity contribution < 1.29 is 5.21 Å². The van der Waals surface area contributed by atoms with Gasteiger partial charge in [0.15, 0.2) is 5.84 Å². The van der Waals surface area contributed by atoms with Gasteiger partial charge in [-0.2, -0.15) is 0 Å². The Kier molecular flexibility index (Phi) is 6.28. The molecule has 1 aromatic rings. The van der Waals surface area contributed by atoms with Gasteiger partial charge in [-0.25, -0.2) is 0 Å². The molecule has 1 rings (SSSR count). The van der Waals surface area contributed by atoms with Crippen molar-refractivity contribution in [1.82, 2.24) is 4.57 Å². The summed E-state index contributed by atoms with van der Waals surface area (Å²) in [4.78, 5) is 12.4. The fourth-order valence-electron chi connectivity index (χ4n) is 2.32. The largest absolute Gasteiger partial charge is 0.409 e. The van der Waals surface area contributed by atoms with E-state index in [0.29, 0.717) is 12.5 Å². The minimum Gasteiger partial charge on any atom is -0.409 e. The molecule has 1 atom stereocenters. The van der Waals surface area contributed by atoms with Gasteiger partial charge in [0.25, 0.3) is 5.56 Å². The number of hydrogen-bond acceptors (Lipinski definition) is 3. The first-order valence-corrected chi connectivity index (χ1v) is 7.23. The zero-order valence-corrected chi connectivity index (χ0v) is 12.6. The summed E-state index contributed by atoms with van der Waals surface area (Å²) in [6.07, 6.45) is 4.49. The Hall–Kier alpha value is -1.78. The molecule has 1 unspecified atom stereocenters. The molecule has 1 heterocycles. The number of aromatic nitrogens is 1. The van der Waals surface area contributed by atoms with Crippen LogP contribution in [0.2, 0.25) is 0 Å². The van der Waals surface area contributed by atoms with E-state index in [1.165, 1.54) is 6.42 Å². The summed E-state index contributed by atoms with van der Waals surface area (Å²) in [5.74, 6) is 0.347. The van der Waals surface area contributed by atoms with Crippen LogP contribution in [-0.2, 0) is 6.54 Å². The summed E-state index contributed by atoms with van der Waals surface area (Å²) in [7, 11) is 0. The van der Waals surface area contributed by atoms with E-state index in [-0.39, 0.29) is 17.0 Å². The quantitative estimate of drug-likeness (QED) is 0.348. The molecular formula is C15H25N3O2. The fraction of sp³-hybridized carbons (Fsp3) is 0.600. The van der Waals surface area contributed by atoms with Crippen molar-refractivity contribution in [2.45, 2.75) is 53.0 Å². The molecule has 5 heteroatoms. The maximum atomic E-state index is 12.4. The minimum atomic E-state index is -0.185. The lowest BCUT2D eigenvalue weighted by molar-refractivity contribution is 0.318. The van der Waals surface area contributed by atoms with E-state index >= 15 is 0 Å². The van der Waals surface area contributed by atoms with Gasteiger partial charge < -0.3 is 15.5 Å². The van der Waals surface area contributed by atoms with Gasteiger partial charge in [0.05, 0.1) is 5.56 Å². The zero-order chi connectivity index (χ0) is 15.1. The van der Waals surface area contributed by atoms with Crippen molar-refractivity contribution in [1.29, 1.82) is 0 Å². The van der Waals surface area contributed by atoms with E-state index in [9.17, 15) is 4.79 Å². The van der Waals surface area contributed by atoms with E-state index in [0.717, 1.165) is 25.0 Å². The van der Waals surface area contributed by atoms with Crippen molar-refractivity contribution in [2.75, 3.05) is 0 Å². The SMILES string of the molecule is CCCCC(CC)Cn1c(C)ccc(/C(N)=N/O)c1=O. The predicted octanol–water partition coefficient (Wildman–Crippen LogP) is 2.47. The highest BCUT2D eigenvalue weighted by Gasteiger charge is 2.13. The first-order chi connectivity index (χ1) is 9.54. The number of pyridine rings is 1. The van der Waals surface area contributed by atoms with E-state index in [1.807, 2.05) is 13.0 Å². The van der Waals surface area contributed by atoms with Gasteiger partial charge in [-0.3, -0.25) is 4.79 Å². The number of nitrogens with two attached hydrogens (primary N) is 1. The highest BCUT2D eigenvalue weighted by Crippen LogP contribution is 2.15. The van der Waals surface area contributed by atoms with Crippen molar-refractivity contribution >= 4 is 5.84 Å². The second-order valence-electron chi connectivity index (χ2n) is 5.21. The van der Waals surface area contributed by atoms with Gasteiger partial charge in [-0.1, -0.05) is 38.3 Å². The average Bonchev–Trinajstić information content (AvgIpc) is 2.46. The molecule has 0 aliphatic rings. The Morgan fingerprint density at radius 3 is 2.70 bits per heavy atom. The molecule has 1 aromatic heterocycles. The lowest BCUT2D eigenvalue weighted by atomic mass is 9.99. The third kappa shape index (κ3) is 3.85. The molecule has 0 bridgehead atoms. The van der Waals surface area contributed by atoms with Crippen LogP contribution in [0.25, 0.3) is 0 Å². The maximum absolute atomic E-state index is 12.4. The van der Waals surface area contributed by atoms with Crippen molar-refractivity contribution in [2.24, 2.45) is 16.8 Å². The molecule has 5 nitrogen and oxygen atoms in total. The molecule has 112 valence electrons. The molecular weight excluding hydrogens is 254 g/mol. The van der Waals surface area contributed by atoms with Crippen molar-refractivity contribution in [3.05, 3.63) is 33.7 Å². The second kappa shape index (κ2) is 7.72. The first kappa shape index (κ1) is 16.3. The maximum Gasteiger partial charge on any atom is 0.261 e. The standard InChI is InChI=1S/C15H25N3O2/c1-4-6-7-12(5-2)10-18-11(3)8-9-13(15(18)19)14(16)17-20/h8-9,12,20H,4-7,10H2,1-3H3,(H2,16,17). The molecule has 0 fully saturated rings. The van der Waals surface area contributed by atoms with E-state index in [4.69, 9.17) is 10.9 Å². The number of amidine groups is 1. The highest BCUT2D eigenvalue weighted by atomic mass is 16.4. The molecule has 0 amide bonds. The first-order valence-electron chi connectivity index (χ1n) is 7.23. The van der Waals surface area contributed by atoms with Crippen LogP contribution < -0.4 is 11.3 Å². The van der Waals surface area contributed by atoms with E-state index < -0.39 is 0 Å². The summed E-state index contributed by atoms with van der Waals surface area (Å²) in [5, 5.41) is 11.7. The number of rotatable bonds is 7. The van der Waals surface area contributed by atoms with Crippen LogP contribution >= 0.6 is 0 Å². The third-order valence-electron chi connectivity index (χ3n) is 3.76. The van der Waals surface area contributed by atoms with Crippen LogP contribution in [0.4, 0.5) is 0 Å². The molecule has 0 saturated heterocycles. The van der Waals surface area contributed by atoms with Gasteiger partial charge in [0, 0.05) is 12.2 Å². The predicted molar refractivity (Wildman–Crippen MR) is 81.3 cm³/mol. The van der Waals surface area contributed by atoms with Gasteiger partial charge in [-0.05, 0) is 31.4 Å². The number of aryl methyl sites for hydroxylation is 1. The average molecular weight is 279 g/mol. The molecule has 0 spiro atoms. The Morgan fingerprint density at radius 1 is 1.45 bits per heavy atom. The van der Waals surface area contributed by atoms with Crippen molar-refractivity contribution in [3.63, 3.8) is 0 Å². The fourth-order valence-corrected chi connectivity index (χ4v) is 2.32. The smallest absolute Gasteiger partial charge is 0.261 e. The summed E-state index contributed by atoms with van der Waals surface area (Å²) in [5.41, 5.74) is 6.51. The molecule has 3 N–H and O–H groups in total. The van der Waals surface area contributed by atoms with Crippen molar-refractivity contribution in [3.8, 4) is 0 Å². The Morgan fingerprint density at radius 2 is 2.15 bits per heavy atom. The van der Waals surface area contributed by atoms with Crippen LogP contribution in [0.15, 0.2) is 22.1 Å². The molecule has 0 radical (unpaired) electrons. The third-order valence-corrected chi connectivity index (χ3v) is 3.76. The highest BCUT2D eigenvalue weighted by molar-refractivity contribution is 5.96. The number of nitrogens with zero attached hydrogens (tertiary/aromatic N) is 2. The monoisotopic (exact) mass is 279 g/mol. The van der Waals surface area contributed by atoms with Crippen LogP contribution in [0, 0.1) is 12.8 Å². The lowest BCUT2D eigenvalue weighted by Gasteiger charge is -2.18. The molecule has 0 aliphatic heterocycles. The Balaban J connectivity index is 3.08. The van der Waals surface area contributed by atoms with E-state index in [2.05, 4.69) is 19.0 Å². The Bertz CT molecular complexity index is 520. The van der Waals surface area contributed by atoms with Gasteiger partial charge in [-0.15, -0.1) is 0 Å². The van der Waals surface area contributed by atoms with Gasteiger partial charge in [0.1, 0.15) is 0 Å².